The first kappa shape index (κ1) is 16.6. The lowest BCUT2D eigenvalue weighted by Gasteiger charge is -2.15. The molecule has 0 saturated carbocycles. The smallest absolute Gasteiger partial charge is 0.272 e. The van der Waals surface area contributed by atoms with E-state index in [0.29, 0.717) is 12.3 Å². The van der Waals surface area contributed by atoms with Gasteiger partial charge >= 0.3 is 0 Å². The fraction of sp³-hybridized carbons (Fsp3) is 0.444. The summed E-state index contributed by atoms with van der Waals surface area (Å²) >= 11 is 0. The fourth-order valence-corrected chi connectivity index (χ4v) is 3.16. The molecule has 0 bridgehead atoms. The van der Waals surface area contributed by atoms with E-state index in [2.05, 4.69) is 10.4 Å². The lowest BCUT2D eigenvalue weighted by atomic mass is 9.95. The Morgan fingerprint density at radius 3 is 2.75 bits per heavy atom. The van der Waals surface area contributed by atoms with E-state index in [4.69, 9.17) is 4.74 Å². The van der Waals surface area contributed by atoms with Crippen LogP contribution in [0.1, 0.15) is 41.5 Å². The maximum absolute atomic E-state index is 13.2. The average Bonchev–Trinajstić information content (AvgIpc) is 2.95. The number of amides is 1. The van der Waals surface area contributed by atoms with Crippen LogP contribution >= 0.6 is 0 Å². The summed E-state index contributed by atoms with van der Waals surface area (Å²) in [7, 11) is 1.60. The number of halogens is 1. The van der Waals surface area contributed by atoms with Gasteiger partial charge in [-0.25, -0.2) is 9.07 Å². The van der Waals surface area contributed by atoms with Gasteiger partial charge < -0.3 is 10.1 Å². The molecule has 1 aliphatic rings. The van der Waals surface area contributed by atoms with Gasteiger partial charge in [0, 0.05) is 24.4 Å². The second-order valence-corrected chi connectivity index (χ2v) is 6.20. The molecule has 1 atom stereocenters. The van der Waals surface area contributed by atoms with Gasteiger partial charge in [-0.3, -0.25) is 4.79 Å². The SMILES string of the molecule is COC[C@H](C)NC(=O)c1nn(-c2ccc(F)cc2)c2c1CCCC2. The third kappa shape index (κ3) is 3.33. The number of nitrogens with zero attached hydrogens (tertiary/aromatic N) is 2. The number of methoxy groups -OCH3 is 1. The molecular formula is C18H22FN3O2. The van der Waals surface area contributed by atoms with Gasteiger partial charge in [-0.1, -0.05) is 0 Å². The molecule has 0 radical (unpaired) electrons. The predicted octanol–water partition coefficient (Wildman–Crippen LogP) is 2.65. The molecule has 2 aromatic rings. The number of hydrogen-bond donors (Lipinski definition) is 1. The molecule has 128 valence electrons. The zero-order chi connectivity index (χ0) is 17.1. The maximum atomic E-state index is 13.2. The Kier molecular flexibility index (Phi) is 4.94. The third-order valence-electron chi connectivity index (χ3n) is 4.26. The Morgan fingerprint density at radius 1 is 1.33 bits per heavy atom. The van der Waals surface area contributed by atoms with Crippen LogP contribution in [-0.4, -0.2) is 35.4 Å². The molecule has 0 aliphatic heterocycles. The van der Waals surface area contributed by atoms with Crippen molar-refractivity contribution in [3.05, 3.63) is 47.0 Å². The number of fused-ring (bicyclic) bond motifs is 1. The molecular weight excluding hydrogens is 309 g/mol. The highest BCUT2D eigenvalue weighted by atomic mass is 19.1. The van der Waals surface area contributed by atoms with Crippen molar-refractivity contribution in [3.8, 4) is 5.69 Å². The molecule has 1 aromatic carbocycles. The summed E-state index contributed by atoms with van der Waals surface area (Å²) in [6.45, 7) is 2.34. The molecule has 5 nitrogen and oxygen atoms in total. The first-order valence-electron chi connectivity index (χ1n) is 8.26. The summed E-state index contributed by atoms with van der Waals surface area (Å²) < 4.78 is 20.0. The van der Waals surface area contributed by atoms with E-state index < -0.39 is 0 Å². The molecule has 1 N–H and O–H groups in total. The van der Waals surface area contributed by atoms with Crippen LogP contribution in [-0.2, 0) is 17.6 Å². The fourth-order valence-electron chi connectivity index (χ4n) is 3.16. The van der Waals surface area contributed by atoms with Gasteiger partial charge in [-0.15, -0.1) is 0 Å². The summed E-state index contributed by atoms with van der Waals surface area (Å²) in [5.41, 5.74) is 3.31. The molecule has 1 aliphatic carbocycles. The third-order valence-corrected chi connectivity index (χ3v) is 4.26. The van der Waals surface area contributed by atoms with Gasteiger partial charge in [0.1, 0.15) is 5.82 Å². The summed E-state index contributed by atoms with van der Waals surface area (Å²) in [6, 6.07) is 6.11. The van der Waals surface area contributed by atoms with Gasteiger partial charge in [-0.2, -0.15) is 5.10 Å². The standard InChI is InChI=1S/C18H22FN3O2/c1-12(11-24-2)20-18(23)17-15-5-3-4-6-16(15)22(21-17)14-9-7-13(19)8-10-14/h7-10,12H,3-6,11H2,1-2H3,(H,20,23)/t12-/m0/s1. The van der Waals surface area contributed by atoms with Crippen molar-refractivity contribution in [1.82, 2.24) is 15.1 Å². The van der Waals surface area contributed by atoms with Gasteiger partial charge in [0.25, 0.3) is 5.91 Å². The second kappa shape index (κ2) is 7.13. The van der Waals surface area contributed by atoms with Crippen molar-refractivity contribution >= 4 is 5.91 Å². The summed E-state index contributed by atoms with van der Waals surface area (Å²) in [5, 5.41) is 7.47. The van der Waals surface area contributed by atoms with Crippen LogP contribution in [0.25, 0.3) is 5.69 Å². The number of benzene rings is 1. The largest absolute Gasteiger partial charge is 0.383 e. The molecule has 1 amide bonds. The molecule has 1 heterocycles. The topological polar surface area (TPSA) is 56.1 Å². The first-order valence-corrected chi connectivity index (χ1v) is 8.26. The number of aromatic nitrogens is 2. The monoisotopic (exact) mass is 331 g/mol. The van der Waals surface area contributed by atoms with Crippen molar-refractivity contribution in [2.24, 2.45) is 0 Å². The second-order valence-electron chi connectivity index (χ2n) is 6.20. The summed E-state index contributed by atoms with van der Waals surface area (Å²) in [4.78, 5) is 12.6. The highest BCUT2D eigenvalue weighted by molar-refractivity contribution is 5.94. The van der Waals surface area contributed by atoms with E-state index in [0.717, 1.165) is 42.6 Å². The molecule has 24 heavy (non-hydrogen) atoms. The van der Waals surface area contributed by atoms with Crippen molar-refractivity contribution in [1.29, 1.82) is 0 Å². The van der Waals surface area contributed by atoms with Crippen LogP contribution < -0.4 is 5.32 Å². The van der Waals surface area contributed by atoms with Crippen molar-refractivity contribution < 1.29 is 13.9 Å². The van der Waals surface area contributed by atoms with E-state index in [1.54, 1.807) is 23.9 Å². The van der Waals surface area contributed by atoms with Crippen molar-refractivity contribution in [3.63, 3.8) is 0 Å². The zero-order valence-electron chi connectivity index (χ0n) is 14.0. The Bertz CT molecular complexity index is 725. The van der Waals surface area contributed by atoms with Crippen LogP contribution in [0.15, 0.2) is 24.3 Å². The molecule has 0 unspecified atom stereocenters. The minimum Gasteiger partial charge on any atom is -0.383 e. The van der Waals surface area contributed by atoms with E-state index in [1.165, 1.54) is 12.1 Å². The maximum Gasteiger partial charge on any atom is 0.272 e. The minimum absolute atomic E-state index is 0.0855. The highest BCUT2D eigenvalue weighted by Gasteiger charge is 2.26. The van der Waals surface area contributed by atoms with Crippen LogP contribution in [0.3, 0.4) is 0 Å². The summed E-state index contributed by atoms with van der Waals surface area (Å²) in [5.74, 6) is -0.468. The molecule has 1 aromatic heterocycles. The molecule has 0 saturated heterocycles. The number of nitrogens with one attached hydrogen (secondary N) is 1. The van der Waals surface area contributed by atoms with E-state index in [-0.39, 0.29) is 17.8 Å². The molecule has 3 rings (SSSR count). The van der Waals surface area contributed by atoms with E-state index >= 15 is 0 Å². The lowest BCUT2D eigenvalue weighted by molar-refractivity contribution is 0.0899. The number of rotatable bonds is 5. The van der Waals surface area contributed by atoms with Gasteiger partial charge in [-0.05, 0) is 56.9 Å². The Hall–Kier alpha value is -2.21. The van der Waals surface area contributed by atoms with Crippen molar-refractivity contribution in [2.45, 2.75) is 38.6 Å². The lowest BCUT2D eigenvalue weighted by Crippen LogP contribution is -2.36. The van der Waals surface area contributed by atoms with Gasteiger partial charge in [0.05, 0.1) is 12.3 Å². The predicted molar refractivity (Wildman–Crippen MR) is 89.0 cm³/mol. The normalized spacial score (nSPS) is 15.0. The number of carbonyl (C=O) groups excluding carboxylic acids is 1. The first-order chi connectivity index (χ1) is 11.6. The number of ether oxygens (including phenoxy) is 1. The van der Waals surface area contributed by atoms with Crippen LogP contribution in [0.5, 0.6) is 0 Å². The Balaban J connectivity index is 1.95. The number of hydrogen-bond acceptors (Lipinski definition) is 3. The average molecular weight is 331 g/mol. The molecule has 0 spiro atoms. The molecule has 0 fully saturated rings. The van der Waals surface area contributed by atoms with Gasteiger partial charge in [0.15, 0.2) is 5.69 Å². The van der Waals surface area contributed by atoms with Crippen LogP contribution in [0, 0.1) is 5.82 Å². The highest BCUT2D eigenvalue weighted by Crippen LogP contribution is 2.27. The zero-order valence-corrected chi connectivity index (χ0v) is 14.0. The molecule has 6 heteroatoms. The van der Waals surface area contributed by atoms with Crippen LogP contribution in [0.4, 0.5) is 4.39 Å². The van der Waals surface area contributed by atoms with E-state index in [1.807, 2.05) is 6.92 Å². The van der Waals surface area contributed by atoms with Gasteiger partial charge in [0.2, 0.25) is 0 Å². The van der Waals surface area contributed by atoms with Crippen LogP contribution in [0.2, 0.25) is 0 Å². The van der Waals surface area contributed by atoms with Crippen molar-refractivity contribution in [2.75, 3.05) is 13.7 Å². The number of carbonyl (C=O) groups is 1. The Morgan fingerprint density at radius 2 is 2.04 bits per heavy atom. The summed E-state index contributed by atoms with van der Waals surface area (Å²) in [6.07, 6.45) is 3.84. The Labute approximate surface area is 140 Å². The minimum atomic E-state index is -0.286. The van der Waals surface area contributed by atoms with E-state index in [9.17, 15) is 9.18 Å². The quantitative estimate of drug-likeness (QED) is 0.916.